The number of aromatic nitrogens is 3. The molecule has 0 unspecified atom stereocenters. The van der Waals surface area contributed by atoms with Crippen molar-refractivity contribution in [1.29, 1.82) is 0 Å². The van der Waals surface area contributed by atoms with E-state index in [4.69, 9.17) is 0 Å². The van der Waals surface area contributed by atoms with Crippen LogP contribution in [0.25, 0.3) is 11.4 Å². The molecule has 104 valence electrons. The molecule has 0 aliphatic heterocycles. The zero-order valence-corrected chi connectivity index (χ0v) is 11.2. The van der Waals surface area contributed by atoms with Gasteiger partial charge in [0.25, 0.3) is 0 Å². The van der Waals surface area contributed by atoms with E-state index in [0.717, 1.165) is 12.8 Å². The molecule has 1 heterocycles. The second kappa shape index (κ2) is 5.45. The molecule has 0 atom stereocenters. The fourth-order valence-corrected chi connectivity index (χ4v) is 2.93. The fourth-order valence-electron chi connectivity index (χ4n) is 2.93. The number of nitrogens with zero attached hydrogens (tertiary/aromatic N) is 3. The van der Waals surface area contributed by atoms with Crippen LogP contribution in [-0.4, -0.2) is 25.8 Å². The Kier molecular flexibility index (Phi) is 3.50. The van der Waals surface area contributed by atoms with Crippen molar-refractivity contribution in [2.24, 2.45) is 0 Å². The van der Waals surface area contributed by atoms with Crippen molar-refractivity contribution in [2.45, 2.75) is 38.1 Å². The lowest BCUT2D eigenvalue weighted by molar-refractivity contribution is 0.0697. The van der Waals surface area contributed by atoms with Gasteiger partial charge in [-0.1, -0.05) is 37.5 Å². The first-order valence-corrected chi connectivity index (χ1v) is 6.99. The largest absolute Gasteiger partial charge is 0.478 e. The summed E-state index contributed by atoms with van der Waals surface area (Å²) < 4.78 is 2.04. The SMILES string of the molecule is O=C(O)c1ccccc1-c1nncn1C1CCCCC1. The summed E-state index contributed by atoms with van der Waals surface area (Å²) >= 11 is 0. The average Bonchev–Trinajstić information content (AvgIpc) is 2.97. The average molecular weight is 271 g/mol. The standard InChI is InChI=1S/C15H17N3O2/c19-15(20)13-9-5-4-8-12(13)14-17-16-10-18(14)11-6-2-1-3-7-11/h4-5,8-11H,1-3,6-7H2,(H,19,20). The van der Waals surface area contributed by atoms with Crippen molar-refractivity contribution < 1.29 is 9.90 Å². The lowest BCUT2D eigenvalue weighted by atomic mass is 9.95. The molecular formula is C15H17N3O2. The Morgan fingerprint density at radius 1 is 1.20 bits per heavy atom. The number of rotatable bonds is 3. The minimum absolute atomic E-state index is 0.276. The lowest BCUT2D eigenvalue weighted by Gasteiger charge is -2.24. The maximum absolute atomic E-state index is 11.3. The van der Waals surface area contributed by atoms with Crippen molar-refractivity contribution in [3.63, 3.8) is 0 Å². The van der Waals surface area contributed by atoms with Crippen molar-refractivity contribution in [1.82, 2.24) is 14.8 Å². The molecule has 1 aliphatic carbocycles. The monoisotopic (exact) mass is 271 g/mol. The van der Waals surface area contributed by atoms with Gasteiger partial charge in [-0.25, -0.2) is 4.79 Å². The molecule has 1 saturated carbocycles. The quantitative estimate of drug-likeness (QED) is 0.931. The predicted octanol–water partition coefficient (Wildman–Crippen LogP) is 3.15. The van der Waals surface area contributed by atoms with Gasteiger partial charge in [-0.15, -0.1) is 10.2 Å². The van der Waals surface area contributed by atoms with Gasteiger partial charge < -0.3 is 9.67 Å². The van der Waals surface area contributed by atoms with E-state index in [0.29, 0.717) is 17.4 Å². The molecule has 0 bridgehead atoms. The maximum Gasteiger partial charge on any atom is 0.336 e. The van der Waals surface area contributed by atoms with Crippen LogP contribution in [0.2, 0.25) is 0 Å². The van der Waals surface area contributed by atoms with Gasteiger partial charge in [0.15, 0.2) is 5.82 Å². The van der Waals surface area contributed by atoms with E-state index < -0.39 is 5.97 Å². The summed E-state index contributed by atoms with van der Waals surface area (Å²) in [4.78, 5) is 11.3. The highest BCUT2D eigenvalue weighted by atomic mass is 16.4. The third-order valence-electron chi connectivity index (χ3n) is 3.94. The second-order valence-electron chi connectivity index (χ2n) is 5.20. The molecule has 1 N–H and O–H groups in total. The van der Waals surface area contributed by atoms with Gasteiger partial charge in [0.2, 0.25) is 0 Å². The van der Waals surface area contributed by atoms with E-state index in [1.807, 2.05) is 10.6 Å². The minimum atomic E-state index is -0.932. The summed E-state index contributed by atoms with van der Waals surface area (Å²) in [6.07, 6.45) is 7.65. The number of carboxylic acids is 1. The van der Waals surface area contributed by atoms with Crippen molar-refractivity contribution >= 4 is 5.97 Å². The first-order valence-electron chi connectivity index (χ1n) is 6.99. The fraction of sp³-hybridized carbons (Fsp3) is 0.400. The molecule has 3 rings (SSSR count). The second-order valence-corrected chi connectivity index (χ2v) is 5.20. The van der Waals surface area contributed by atoms with Gasteiger partial charge in [0.05, 0.1) is 5.56 Å². The third-order valence-corrected chi connectivity index (χ3v) is 3.94. The Morgan fingerprint density at radius 3 is 2.70 bits per heavy atom. The highest BCUT2D eigenvalue weighted by Crippen LogP contribution is 2.32. The molecule has 0 spiro atoms. The Bertz CT molecular complexity index is 615. The molecule has 20 heavy (non-hydrogen) atoms. The zero-order valence-electron chi connectivity index (χ0n) is 11.2. The number of hydrogen-bond acceptors (Lipinski definition) is 3. The van der Waals surface area contributed by atoms with Crippen LogP contribution in [-0.2, 0) is 0 Å². The molecule has 0 saturated heterocycles. The molecular weight excluding hydrogens is 254 g/mol. The zero-order chi connectivity index (χ0) is 13.9. The van der Waals surface area contributed by atoms with Crippen LogP contribution in [0.4, 0.5) is 0 Å². The van der Waals surface area contributed by atoms with E-state index in [2.05, 4.69) is 10.2 Å². The van der Waals surface area contributed by atoms with Gasteiger partial charge in [-0.05, 0) is 18.9 Å². The van der Waals surface area contributed by atoms with Crippen LogP contribution >= 0.6 is 0 Å². The molecule has 0 amide bonds. The number of carbonyl (C=O) groups is 1. The predicted molar refractivity (Wildman–Crippen MR) is 74.5 cm³/mol. The van der Waals surface area contributed by atoms with Crippen LogP contribution in [0, 0.1) is 0 Å². The molecule has 1 aromatic heterocycles. The lowest BCUT2D eigenvalue weighted by Crippen LogP contribution is -2.14. The third kappa shape index (κ3) is 2.31. The van der Waals surface area contributed by atoms with Crippen molar-refractivity contribution in [3.8, 4) is 11.4 Å². The van der Waals surface area contributed by atoms with Gasteiger partial charge in [0.1, 0.15) is 6.33 Å². The van der Waals surface area contributed by atoms with Crippen LogP contribution in [0.3, 0.4) is 0 Å². The van der Waals surface area contributed by atoms with E-state index in [-0.39, 0.29) is 5.56 Å². The summed E-state index contributed by atoms with van der Waals surface area (Å²) in [6, 6.07) is 7.36. The van der Waals surface area contributed by atoms with Crippen LogP contribution in [0.1, 0.15) is 48.5 Å². The van der Waals surface area contributed by atoms with Gasteiger partial charge >= 0.3 is 5.97 Å². The Hall–Kier alpha value is -2.17. The number of benzene rings is 1. The highest BCUT2D eigenvalue weighted by Gasteiger charge is 2.21. The molecule has 5 nitrogen and oxygen atoms in total. The first-order chi connectivity index (χ1) is 9.77. The van der Waals surface area contributed by atoms with Gasteiger partial charge in [0, 0.05) is 11.6 Å². The number of carboxylic acid groups (broad SMARTS) is 1. The molecule has 0 radical (unpaired) electrons. The van der Waals surface area contributed by atoms with E-state index in [9.17, 15) is 9.90 Å². The van der Waals surface area contributed by atoms with Crippen LogP contribution in [0.15, 0.2) is 30.6 Å². The summed E-state index contributed by atoms with van der Waals surface area (Å²) in [6.45, 7) is 0. The molecule has 1 aliphatic rings. The van der Waals surface area contributed by atoms with E-state index in [1.54, 1.807) is 24.5 Å². The normalized spacial score (nSPS) is 16.2. The number of hydrogen-bond donors (Lipinski definition) is 1. The maximum atomic E-state index is 11.3. The topological polar surface area (TPSA) is 68.0 Å². The molecule has 5 heteroatoms. The van der Waals surface area contributed by atoms with Gasteiger partial charge in [-0.2, -0.15) is 0 Å². The molecule has 1 fully saturated rings. The van der Waals surface area contributed by atoms with Crippen LogP contribution in [0.5, 0.6) is 0 Å². The van der Waals surface area contributed by atoms with Gasteiger partial charge in [-0.3, -0.25) is 0 Å². The Balaban J connectivity index is 2.03. The van der Waals surface area contributed by atoms with E-state index >= 15 is 0 Å². The number of aromatic carboxylic acids is 1. The summed E-state index contributed by atoms with van der Waals surface area (Å²) in [5.41, 5.74) is 0.917. The summed E-state index contributed by atoms with van der Waals surface area (Å²) in [7, 11) is 0. The molecule has 2 aromatic rings. The summed E-state index contributed by atoms with van der Waals surface area (Å²) in [5.74, 6) is -0.270. The Labute approximate surface area is 117 Å². The van der Waals surface area contributed by atoms with Crippen LogP contribution < -0.4 is 0 Å². The van der Waals surface area contributed by atoms with Crippen molar-refractivity contribution in [3.05, 3.63) is 36.2 Å². The smallest absolute Gasteiger partial charge is 0.336 e. The molecule has 1 aromatic carbocycles. The Morgan fingerprint density at radius 2 is 1.95 bits per heavy atom. The first kappa shape index (κ1) is 12.8. The minimum Gasteiger partial charge on any atom is -0.478 e. The summed E-state index contributed by atoms with van der Waals surface area (Å²) in [5, 5.41) is 17.5. The van der Waals surface area contributed by atoms with Crippen molar-refractivity contribution in [2.75, 3.05) is 0 Å². The highest BCUT2D eigenvalue weighted by molar-refractivity contribution is 5.94. The van der Waals surface area contributed by atoms with E-state index in [1.165, 1.54) is 19.3 Å².